The number of carbonyl (C=O) groups is 1. The molecule has 6 heteroatoms. The first-order valence-corrected chi connectivity index (χ1v) is 4.21. The largest absolute Gasteiger partial charge is 0.480 e. The molecule has 0 spiro atoms. The van der Waals surface area contributed by atoms with E-state index in [0.717, 1.165) is 5.56 Å². The van der Waals surface area contributed by atoms with Crippen LogP contribution in [-0.4, -0.2) is 22.5 Å². The second kappa shape index (κ2) is 4.41. The van der Waals surface area contributed by atoms with Crippen LogP contribution in [0.1, 0.15) is 5.56 Å². The first-order chi connectivity index (χ1) is 7.00. The van der Waals surface area contributed by atoms with Crippen LogP contribution in [0.15, 0.2) is 18.2 Å². The Hall–Kier alpha value is -2.11. The number of nitro benzene ring substituents is 1. The molecule has 15 heavy (non-hydrogen) atoms. The van der Waals surface area contributed by atoms with Gasteiger partial charge in [-0.1, -0.05) is 6.07 Å². The van der Waals surface area contributed by atoms with Gasteiger partial charge in [0.25, 0.3) is 5.69 Å². The number of benzene rings is 1. The number of nitrogens with zero attached hydrogens (tertiary/aromatic N) is 1. The van der Waals surface area contributed by atoms with Gasteiger partial charge in [0.2, 0.25) is 0 Å². The third kappa shape index (κ3) is 2.94. The van der Waals surface area contributed by atoms with E-state index in [1.165, 1.54) is 12.1 Å². The molecular formula is C9H10N2O4. The minimum absolute atomic E-state index is 0.115. The average Bonchev–Trinajstić information content (AvgIpc) is 2.15. The second-order valence-electron chi connectivity index (χ2n) is 3.03. The fraction of sp³-hybridized carbons (Fsp3) is 0.222. The van der Waals surface area contributed by atoms with Crippen molar-refractivity contribution in [2.45, 2.75) is 6.92 Å². The van der Waals surface area contributed by atoms with Crippen molar-refractivity contribution in [1.29, 1.82) is 0 Å². The molecule has 0 unspecified atom stereocenters. The first kappa shape index (κ1) is 11.0. The van der Waals surface area contributed by atoms with Crippen molar-refractivity contribution in [2.75, 3.05) is 11.9 Å². The van der Waals surface area contributed by atoms with Crippen LogP contribution in [0.4, 0.5) is 11.4 Å². The summed E-state index contributed by atoms with van der Waals surface area (Å²) in [4.78, 5) is 20.4. The van der Waals surface area contributed by atoms with Crippen LogP contribution in [0.25, 0.3) is 0 Å². The summed E-state index contributed by atoms with van der Waals surface area (Å²) in [6.45, 7) is 1.39. The van der Waals surface area contributed by atoms with Crippen molar-refractivity contribution < 1.29 is 14.8 Å². The molecule has 0 saturated heterocycles. The van der Waals surface area contributed by atoms with Crippen molar-refractivity contribution in [3.05, 3.63) is 33.9 Å². The van der Waals surface area contributed by atoms with Crippen LogP contribution in [0, 0.1) is 17.0 Å². The summed E-state index contributed by atoms with van der Waals surface area (Å²) in [6, 6.07) is 4.57. The summed E-state index contributed by atoms with van der Waals surface area (Å²) in [5.74, 6) is -1.06. The van der Waals surface area contributed by atoms with Gasteiger partial charge in [-0.15, -0.1) is 0 Å². The van der Waals surface area contributed by atoms with Gasteiger partial charge in [-0.05, 0) is 18.6 Å². The Bertz CT molecular complexity index is 403. The fourth-order valence-electron chi connectivity index (χ4n) is 1.11. The number of nitrogens with one attached hydrogen (secondary N) is 1. The smallest absolute Gasteiger partial charge is 0.322 e. The Labute approximate surface area is 85.7 Å². The van der Waals surface area contributed by atoms with Gasteiger partial charge in [0.05, 0.1) is 4.92 Å². The van der Waals surface area contributed by atoms with E-state index in [1.54, 1.807) is 13.0 Å². The Morgan fingerprint density at radius 2 is 2.27 bits per heavy atom. The van der Waals surface area contributed by atoms with Gasteiger partial charge in [0.1, 0.15) is 12.2 Å². The summed E-state index contributed by atoms with van der Waals surface area (Å²) in [6.07, 6.45) is 0. The molecule has 1 rings (SSSR count). The van der Waals surface area contributed by atoms with Gasteiger partial charge >= 0.3 is 5.97 Å². The number of hydrogen-bond donors (Lipinski definition) is 2. The van der Waals surface area contributed by atoms with Crippen LogP contribution in [-0.2, 0) is 4.79 Å². The average molecular weight is 210 g/mol. The topological polar surface area (TPSA) is 92.5 Å². The molecule has 0 aliphatic rings. The van der Waals surface area contributed by atoms with Gasteiger partial charge in [-0.25, -0.2) is 0 Å². The molecule has 2 N–H and O–H groups in total. The molecule has 1 aromatic carbocycles. The number of rotatable bonds is 4. The zero-order valence-electron chi connectivity index (χ0n) is 8.06. The Morgan fingerprint density at radius 3 is 2.80 bits per heavy atom. The van der Waals surface area contributed by atoms with E-state index in [0.29, 0.717) is 0 Å². The number of aryl methyl sites for hydroxylation is 1. The molecule has 0 amide bonds. The summed E-state index contributed by atoms with van der Waals surface area (Å²) >= 11 is 0. The van der Waals surface area contributed by atoms with E-state index in [1.807, 2.05) is 0 Å². The zero-order valence-corrected chi connectivity index (χ0v) is 8.06. The summed E-state index contributed by atoms with van der Waals surface area (Å²) in [5, 5.41) is 21.5. The lowest BCUT2D eigenvalue weighted by molar-refractivity contribution is -0.384. The lowest BCUT2D eigenvalue weighted by Gasteiger charge is -2.04. The Morgan fingerprint density at radius 1 is 1.60 bits per heavy atom. The predicted octanol–water partition coefficient (Wildman–Crippen LogP) is 1.40. The third-order valence-electron chi connectivity index (χ3n) is 1.78. The molecule has 0 aromatic heterocycles. The number of carboxylic acids is 1. The van der Waals surface area contributed by atoms with E-state index < -0.39 is 10.9 Å². The van der Waals surface area contributed by atoms with Gasteiger partial charge in [-0.2, -0.15) is 0 Å². The molecule has 0 bridgehead atoms. The van der Waals surface area contributed by atoms with E-state index >= 15 is 0 Å². The van der Waals surface area contributed by atoms with Gasteiger partial charge < -0.3 is 10.4 Å². The third-order valence-corrected chi connectivity index (χ3v) is 1.78. The lowest BCUT2D eigenvalue weighted by Crippen LogP contribution is -2.13. The van der Waals surface area contributed by atoms with Crippen LogP contribution < -0.4 is 5.32 Å². The maximum Gasteiger partial charge on any atom is 0.322 e. The quantitative estimate of drug-likeness (QED) is 0.578. The molecule has 80 valence electrons. The number of nitro groups is 1. The number of carboxylic acid groups (broad SMARTS) is 1. The van der Waals surface area contributed by atoms with Crippen LogP contribution in [0.3, 0.4) is 0 Å². The minimum Gasteiger partial charge on any atom is -0.480 e. The van der Waals surface area contributed by atoms with Gasteiger partial charge in [0.15, 0.2) is 0 Å². The highest BCUT2D eigenvalue weighted by Crippen LogP contribution is 2.24. The minimum atomic E-state index is -1.06. The normalized spacial score (nSPS) is 9.67. The van der Waals surface area contributed by atoms with E-state index in [-0.39, 0.29) is 17.9 Å². The fourth-order valence-corrected chi connectivity index (χ4v) is 1.11. The molecule has 6 nitrogen and oxygen atoms in total. The van der Waals surface area contributed by atoms with Crippen molar-refractivity contribution >= 4 is 17.3 Å². The molecule has 0 heterocycles. The van der Waals surface area contributed by atoms with Crippen molar-refractivity contribution in [3.8, 4) is 0 Å². The molecule has 1 aromatic rings. The van der Waals surface area contributed by atoms with Crippen LogP contribution in [0.2, 0.25) is 0 Å². The van der Waals surface area contributed by atoms with E-state index in [9.17, 15) is 14.9 Å². The number of aliphatic carboxylic acids is 1. The SMILES string of the molecule is Cc1ccc(NCC(=O)O)c([N+](=O)[O-])c1. The highest BCUT2D eigenvalue weighted by molar-refractivity contribution is 5.75. The molecule has 0 aliphatic heterocycles. The van der Waals surface area contributed by atoms with Crippen LogP contribution in [0.5, 0.6) is 0 Å². The Kier molecular flexibility index (Phi) is 3.22. The maximum absolute atomic E-state index is 10.6. The maximum atomic E-state index is 10.6. The first-order valence-electron chi connectivity index (χ1n) is 4.21. The van der Waals surface area contributed by atoms with E-state index in [4.69, 9.17) is 5.11 Å². The summed E-state index contributed by atoms with van der Waals surface area (Å²) < 4.78 is 0. The molecule has 0 aliphatic carbocycles. The van der Waals surface area contributed by atoms with Crippen molar-refractivity contribution in [3.63, 3.8) is 0 Å². The number of hydrogen-bond acceptors (Lipinski definition) is 4. The molecule has 0 atom stereocenters. The highest BCUT2D eigenvalue weighted by atomic mass is 16.6. The number of anilines is 1. The standard InChI is InChI=1S/C9H10N2O4/c1-6-2-3-7(10-5-9(12)13)8(4-6)11(14)15/h2-4,10H,5H2,1H3,(H,12,13). The molecule has 0 saturated carbocycles. The summed E-state index contributed by atoms with van der Waals surface area (Å²) in [7, 11) is 0. The molecule has 0 fully saturated rings. The van der Waals surface area contributed by atoms with Crippen LogP contribution >= 0.6 is 0 Å². The van der Waals surface area contributed by atoms with Gasteiger partial charge in [-0.3, -0.25) is 14.9 Å². The summed E-state index contributed by atoms with van der Waals surface area (Å²) in [5.41, 5.74) is 0.854. The zero-order chi connectivity index (χ0) is 11.4. The van der Waals surface area contributed by atoms with Crippen molar-refractivity contribution in [2.24, 2.45) is 0 Å². The Balaban J connectivity index is 2.95. The molecular weight excluding hydrogens is 200 g/mol. The highest BCUT2D eigenvalue weighted by Gasteiger charge is 2.13. The van der Waals surface area contributed by atoms with Crippen molar-refractivity contribution in [1.82, 2.24) is 0 Å². The second-order valence-corrected chi connectivity index (χ2v) is 3.03. The lowest BCUT2D eigenvalue weighted by atomic mass is 10.2. The monoisotopic (exact) mass is 210 g/mol. The molecule has 0 radical (unpaired) electrons. The van der Waals surface area contributed by atoms with E-state index in [2.05, 4.69) is 5.32 Å². The van der Waals surface area contributed by atoms with Gasteiger partial charge in [0, 0.05) is 6.07 Å². The predicted molar refractivity (Wildman–Crippen MR) is 54.0 cm³/mol.